The van der Waals surface area contributed by atoms with Crippen LogP contribution in [0, 0.1) is 3.57 Å². The zero-order chi connectivity index (χ0) is 13.1. The van der Waals surface area contributed by atoms with E-state index in [1.807, 2.05) is 23.9 Å². The lowest BCUT2D eigenvalue weighted by atomic mass is 10.3. The van der Waals surface area contributed by atoms with Crippen molar-refractivity contribution in [1.29, 1.82) is 0 Å². The molecule has 0 atom stereocenters. The number of fused-ring (bicyclic) bond motifs is 1. The molecule has 0 aliphatic carbocycles. The fourth-order valence-electron chi connectivity index (χ4n) is 1.73. The Kier molecular flexibility index (Phi) is 4.45. The number of alkyl halides is 1. The number of hydrogen-bond acceptors (Lipinski definition) is 2. The number of nitrogens with zero attached hydrogens (tertiary/aromatic N) is 2. The summed E-state index contributed by atoms with van der Waals surface area (Å²) >= 11 is 7.82. The number of aryl methyl sites for hydroxylation is 1. The van der Waals surface area contributed by atoms with Crippen molar-refractivity contribution in [2.75, 3.05) is 11.2 Å². The van der Waals surface area contributed by atoms with Crippen LogP contribution in [-0.4, -0.2) is 21.3 Å². The van der Waals surface area contributed by atoms with E-state index in [1.54, 1.807) is 6.20 Å². The average Bonchev–Trinajstić information content (AvgIpc) is 2.62. The largest absolute Gasteiger partial charge is 0.334 e. The lowest BCUT2D eigenvalue weighted by Gasteiger charge is -2.04. The summed E-state index contributed by atoms with van der Waals surface area (Å²) in [5, 5.41) is 3.88. The Morgan fingerprint density at radius 2 is 2.39 bits per heavy atom. The van der Waals surface area contributed by atoms with Crippen LogP contribution in [0.5, 0.6) is 0 Å². The van der Waals surface area contributed by atoms with E-state index in [9.17, 15) is 4.79 Å². The first kappa shape index (κ1) is 13.6. The van der Waals surface area contributed by atoms with Crippen LogP contribution in [0.15, 0.2) is 18.5 Å². The predicted octanol–water partition coefficient (Wildman–Crippen LogP) is 3.14. The van der Waals surface area contributed by atoms with Gasteiger partial charge >= 0.3 is 0 Å². The van der Waals surface area contributed by atoms with Gasteiger partial charge in [-0.25, -0.2) is 4.98 Å². The third kappa shape index (κ3) is 2.95. The number of pyridine rings is 1. The van der Waals surface area contributed by atoms with Gasteiger partial charge in [0.2, 0.25) is 5.91 Å². The van der Waals surface area contributed by atoms with E-state index >= 15 is 0 Å². The highest BCUT2D eigenvalue weighted by Gasteiger charge is 2.08. The molecule has 0 aliphatic heterocycles. The van der Waals surface area contributed by atoms with E-state index in [0.29, 0.717) is 18.7 Å². The summed E-state index contributed by atoms with van der Waals surface area (Å²) in [7, 11) is 1.95. The second kappa shape index (κ2) is 5.88. The molecule has 1 amide bonds. The lowest BCUT2D eigenvalue weighted by Crippen LogP contribution is -2.11. The second-order valence-electron chi connectivity index (χ2n) is 4.02. The smallest absolute Gasteiger partial charge is 0.224 e. The molecule has 96 valence electrons. The first-order valence-corrected chi connectivity index (χ1v) is 7.19. The second-order valence-corrected chi connectivity index (χ2v) is 5.56. The zero-order valence-corrected chi connectivity index (χ0v) is 12.8. The molecule has 0 fully saturated rings. The van der Waals surface area contributed by atoms with E-state index in [1.165, 1.54) is 0 Å². The molecule has 2 heterocycles. The van der Waals surface area contributed by atoms with Crippen LogP contribution >= 0.6 is 34.2 Å². The van der Waals surface area contributed by atoms with Crippen molar-refractivity contribution in [3.63, 3.8) is 0 Å². The molecule has 4 nitrogen and oxygen atoms in total. The van der Waals surface area contributed by atoms with Crippen LogP contribution in [0.25, 0.3) is 11.0 Å². The van der Waals surface area contributed by atoms with Gasteiger partial charge in [-0.1, -0.05) is 0 Å². The molecule has 2 aromatic heterocycles. The standard InChI is InChI=1S/C12H13ClIN3O/c1-17-7-10(14)9-5-8(6-15-12(9)17)16-11(18)3-2-4-13/h5-7H,2-4H2,1H3,(H,16,18). The third-order valence-electron chi connectivity index (χ3n) is 2.59. The minimum absolute atomic E-state index is 0.0252. The molecule has 6 heteroatoms. The maximum Gasteiger partial charge on any atom is 0.224 e. The van der Waals surface area contributed by atoms with Gasteiger partial charge in [-0.15, -0.1) is 11.6 Å². The van der Waals surface area contributed by atoms with Crippen molar-refractivity contribution in [3.8, 4) is 0 Å². The van der Waals surface area contributed by atoms with Crippen LogP contribution in [-0.2, 0) is 11.8 Å². The van der Waals surface area contributed by atoms with Crippen LogP contribution in [0.2, 0.25) is 0 Å². The summed E-state index contributed by atoms with van der Waals surface area (Å²) < 4.78 is 3.09. The number of carbonyl (C=O) groups excluding carboxylic acids is 1. The zero-order valence-electron chi connectivity index (χ0n) is 9.91. The van der Waals surface area contributed by atoms with Gasteiger partial charge in [0.05, 0.1) is 11.9 Å². The van der Waals surface area contributed by atoms with Crippen molar-refractivity contribution in [2.24, 2.45) is 7.05 Å². The van der Waals surface area contributed by atoms with E-state index in [-0.39, 0.29) is 5.91 Å². The van der Waals surface area contributed by atoms with Gasteiger partial charge in [-0.05, 0) is 35.1 Å². The average molecular weight is 378 g/mol. The van der Waals surface area contributed by atoms with Gasteiger partial charge in [0.1, 0.15) is 5.65 Å². The number of amides is 1. The summed E-state index contributed by atoms with van der Waals surface area (Å²) in [5.74, 6) is 0.476. The Hall–Kier alpha value is -0.820. The third-order valence-corrected chi connectivity index (χ3v) is 3.71. The molecule has 0 saturated heterocycles. The summed E-state index contributed by atoms with van der Waals surface area (Å²) in [6.07, 6.45) is 4.81. The number of hydrogen-bond donors (Lipinski definition) is 1. The van der Waals surface area contributed by atoms with Gasteiger partial charge < -0.3 is 9.88 Å². The highest BCUT2D eigenvalue weighted by atomic mass is 127. The minimum Gasteiger partial charge on any atom is -0.334 e. The molecule has 2 rings (SSSR count). The number of rotatable bonds is 4. The van der Waals surface area contributed by atoms with E-state index in [2.05, 4.69) is 32.9 Å². The van der Waals surface area contributed by atoms with Gasteiger partial charge in [0.15, 0.2) is 0 Å². The molecule has 0 spiro atoms. The SMILES string of the molecule is Cn1cc(I)c2cc(NC(=O)CCCCl)cnc21. The highest BCUT2D eigenvalue weighted by Crippen LogP contribution is 2.23. The summed E-state index contributed by atoms with van der Waals surface area (Å²) in [5.41, 5.74) is 1.64. The molecule has 1 N–H and O–H groups in total. The Bertz CT molecular complexity index is 582. The van der Waals surface area contributed by atoms with Gasteiger partial charge in [0.25, 0.3) is 0 Å². The topological polar surface area (TPSA) is 46.9 Å². The molecular formula is C12H13ClIN3O. The molecule has 2 aromatic rings. The van der Waals surface area contributed by atoms with Crippen LogP contribution in [0.1, 0.15) is 12.8 Å². The number of halogens is 2. The predicted molar refractivity (Wildman–Crippen MR) is 82.0 cm³/mol. The summed E-state index contributed by atoms with van der Waals surface area (Å²) in [6.45, 7) is 0. The van der Waals surface area contributed by atoms with Crippen molar-refractivity contribution >= 4 is 56.8 Å². The normalized spacial score (nSPS) is 10.8. The fraction of sp³-hybridized carbons (Fsp3) is 0.333. The number of nitrogens with one attached hydrogen (secondary N) is 1. The Morgan fingerprint density at radius 3 is 3.11 bits per heavy atom. The van der Waals surface area contributed by atoms with Gasteiger partial charge in [-0.2, -0.15) is 0 Å². The molecule has 0 unspecified atom stereocenters. The van der Waals surface area contributed by atoms with Crippen LogP contribution < -0.4 is 5.32 Å². The first-order valence-electron chi connectivity index (χ1n) is 5.58. The van der Waals surface area contributed by atoms with E-state index in [4.69, 9.17) is 11.6 Å². The molecule has 0 bridgehead atoms. The van der Waals surface area contributed by atoms with Crippen LogP contribution in [0.4, 0.5) is 5.69 Å². The van der Waals surface area contributed by atoms with E-state index < -0.39 is 0 Å². The van der Waals surface area contributed by atoms with Crippen molar-refractivity contribution in [1.82, 2.24) is 9.55 Å². The van der Waals surface area contributed by atoms with Gasteiger partial charge in [0, 0.05) is 34.5 Å². The summed E-state index contributed by atoms with van der Waals surface area (Å²) in [6, 6.07) is 1.95. The van der Waals surface area contributed by atoms with Crippen molar-refractivity contribution in [2.45, 2.75) is 12.8 Å². The van der Waals surface area contributed by atoms with Crippen LogP contribution in [0.3, 0.4) is 0 Å². The van der Waals surface area contributed by atoms with Crippen molar-refractivity contribution < 1.29 is 4.79 Å². The molecule has 0 saturated carbocycles. The Balaban J connectivity index is 2.20. The van der Waals surface area contributed by atoms with Gasteiger partial charge in [-0.3, -0.25) is 4.79 Å². The molecule has 18 heavy (non-hydrogen) atoms. The minimum atomic E-state index is -0.0252. The van der Waals surface area contributed by atoms with E-state index in [0.717, 1.165) is 20.3 Å². The molecule has 0 aliphatic rings. The number of carbonyl (C=O) groups is 1. The Morgan fingerprint density at radius 1 is 1.61 bits per heavy atom. The highest BCUT2D eigenvalue weighted by molar-refractivity contribution is 14.1. The number of aromatic nitrogens is 2. The number of anilines is 1. The first-order chi connectivity index (χ1) is 8.61. The lowest BCUT2D eigenvalue weighted by molar-refractivity contribution is -0.116. The Labute approximate surface area is 124 Å². The molecule has 0 aromatic carbocycles. The maximum absolute atomic E-state index is 11.6. The maximum atomic E-state index is 11.6. The molecular weight excluding hydrogens is 365 g/mol. The molecule has 0 radical (unpaired) electrons. The fourth-order valence-corrected chi connectivity index (χ4v) is 2.68. The monoisotopic (exact) mass is 377 g/mol. The quantitative estimate of drug-likeness (QED) is 0.657. The summed E-state index contributed by atoms with van der Waals surface area (Å²) in [4.78, 5) is 15.9. The van der Waals surface area contributed by atoms with Crippen molar-refractivity contribution in [3.05, 3.63) is 22.0 Å².